The van der Waals surface area contributed by atoms with Crippen molar-refractivity contribution in [3.63, 3.8) is 0 Å². The van der Waals surface area contributed by atoms with Crippen LogP contribution in [0.4, 0.5) is 0 Å². The molecule has 0 spiro atoms. The number of carboxylic acids is 1. The van der Waals surface area contributed by atoms with Crippen LogP contribution in [0.5, 0.6) is 0 Å². The molecule has 3 aromatic rings. The van der Waals surface area contributed by atoms with Crippen molar-refractivity contribution in [2.24, 2.45) is 0 Å². The smallest absolute Gasteiger partial charge is 0.371 e. The lowest BCUT2D eigenvalue weighted by Crippen LogP contribution is -2.00. The van der Waals surface area contributed by atoms with Crippen molar-refractivity contribution >= 4 is 16.9 Å². The number of fused-ring (bicyclic) bond motifs is 1. The molecule has 19 heavy (non-hydrogen) atoms. The molecule has 2 aromatic heterocycles. The quantitative estimate of drug-likeness (QED) is 0.782. The average Bonchev–Trinajstić information content (AvgIpc) is 2.97. The van der Waals surface area contributed by atoms with Gasteiger partial charge in [-0.3, -0.25) is 0 Å². The number of benzene rings is 1. The SMILES string of the molecule is Cc1nccn1Cc1cccc2oc(C(=O)O)cc12. The number of rotatable bonds is 3. The second kappa shape index (κ2) is 4.28. The lowest BCUT2D eigenvalue weighted by atomic mass is 10.1. The molecular formula is C14H12N2O3. The van der Waals surface area contributed by atoms with E-state index in [1.807, 2.05) is 29.8 Å². The normalized spacial score (nSPS) is 11.0. The van der Waals surface area contributed by atoms with E-state index in [-0.39, 0.29) is 5.76 Å². The van der Waals surface area contributed by atoms with Crippen LogP contribution in [0.15, 0.2) is 41.1 Å². The fourth-order valence-electron chi connectivity index (χ4n) is 2.12. The molecule has 0 saturated heterocycles. The van der Waals surface area contributed by atoms with E-state index in [4.69, 9.17) is 9.52 Å². The third kappa shape index (κ3) is 1.99. The van der Waals surface area contributed by atoms with E-state index in [0.29, 0.717) is 12.1 Å². The highest BCUT2D eigenvalue weighted by Gasteiger charge is 2.13. The molecule has 0 aliphatic heterocycles. The molecular weight excluding hydrogens is 244 g/mol. The van der Waals surface area contributed by atoms with Gasteiger partial charge in [0, 0.05) is 24.3 Å². The van der Waals surface area contributed by atoms with Crippen molar-refractivity contribution in [1.29, 1.82) is 0 Å². The first kappa shape index (κ1) is 11.5. The van der Waals surface area contributed by atoms with Crippen LogP contribution >= 0.6 is 0 Å². The highest BCUT2D eigenvalue weighted by Crippen LogP contribution is 2.24. The van der Waals surface area contributed by atoms with Gasteiger partial charge in [-0.1, -0.05) is 12.1 Å². The minimum Gasteiger partial charge on any atom is -0.475 e. The van der Waals surface area contributed by atoms with Gasteiger partial charge in [0.1, 0.15) is 11.4 Å². The van der Waals surface area contributed by atoms with Gasteiger partial charge in [-0.2, -0.15) is 0 Å². The summed E-state index contributed by atoms with van der Waals surface area (Å²) in [4.78, 5) is 15.1. The predicted octanol–water partition coefficient (Wildman–Crippen LogP) is 2.68. The molecule has 0 saturated carbocycles. The van der Waals surface area contributed by atoms with E-state index in [1.165, 1.54) is 0 Å². The number of hydrogen-bond donors (Lipinski definition) is 1. The first-order valence-electron chi connectivity index (χ1n) is 5.87. The molecule has 96 valence electrons. The van der Waals surface area contributed by atoms with Gasteiger partial charge >= 0.3 is 5.97 Å². The molecule has 0 unspecified atom stereocenters. The van der Waals surface area contributed by atoms with Gasteiger partial charge in [0.2, 0.25) is 5.76 Å². The third-order valence-corrected chi connectivity index (χ3v) is 3.13. The van der Waals surface area contributed by atoms with E-state index >= 15 is 0 Å². The van der Waals surface area contributed by atoms with Gasteiger partial charge in [-0.15, -0.1) is 0 Å². The van der Waals surface area contributed by atoms with Crippen molar-refractivity contribution in [2.75, 3.05) is 0 Å². The molecule has 2 heterocycles. The Balaban J connectivity index is 2.08. The predicted molar refractivity (Wildman–Crippen MR) is 69.2 cm³/mol. The summed E-state index contributed by atoms with van der Waals surface area (Å²) in [5, 5.41) is 9.80. The molecule has 0 fully saturated rings. The van der Waals surface area contributed by atoms with Crippen LogP contribution in [0.25, 0.3) is 11.0 Å². The Morgan fingerprint density at radius 1 is 1.47 bits per heavy atom. The summed E-state index contributed by atoms with van der Waals surface area (Å²) in [6, 6.07) is 7.16. The maximum Gasteiger partial charge on any atom is 0.371 e. The fraction of sp³-hybridized carbons (Fsp3) is 0.143. The maximum atomic E-state index is 10.9. The molecule has 1 aromatic carbocycles. The monoisotopic (exact) mass is 256 g/mol. The summed E-state index contributed by atoms with van der Waals surface area (Å²) in [6.45, 7) is 2.57. The van der Waals surface area contributed by atoms with Crippen molar-refractivity contribution in [2.45, 2.75) is 13.5 Å². The molecule has 3 rings (SSSR count). The number of carboxylic acid groups (broad SMARTS) is 1. The molecule has 0 bridgehead atoms. The maximum absolute atomic E-state index is 10.9. The van der Waals surface area contributed by atoms with Gasteiger partial charge in [0.05, 0.1) is 0 Å². The Hall–Kier alpha value is -2.56. The lowest BCUT2D eigenvalue weighted by molar-refractivity contribution is 0.0665. The van der Waals surface area contributed by atoms with Crippen LogP contribution in [-0.2, 0) is 6.54 Å². The Bertz CT molecular complexity index is 755. The van der Waals surface area contributed by atoms with Gasteiger partial charge in [-0.25, -0.2) is 9.78 Å². The van der Waals surface area contributed by atoms with Crippen LogP contribution in [0.2, 0.25) is 0 Å². The van der Waals surface area contributed by atoms with Crippen molar-refractivity contribution in [3.8, 4) is 0 Å². The number of nitrogens with zero attached hydrogens (tertiary/aromatic N) is 2. The van der Waals surface area contributed by atoms with Gasteiger partial charge in [0.15, 0.2) is 0 Å². The highest BCUT2D eigenvalue weighted by molar-refractivity contribution is 5.92. The van der Waals surface area contributed by atoms with Crippen LogP contribution in [0.1, 0.15) is 21.9 Å². The van der Waals surface area contributed by atoms with Gasteiger partial charge in [-0.05, 0) is 24.6 Å². The topological polar surface area (TPSA) is 68.3 Å². The molecule has 5 nitrogen and oxygen atoms in total. The standard InChI is InChI=1S/C14H12N2O3/c1-9-15-5-6-16(9)8-10-3-2-4-12-11(10)7-13(19-12)14(17)18/h2-7H,8H2,1H3,(H,17,18). The van der Waals surface area contributed by atoms with Crippen LogP contribution in [0, 0.1) is 6.92 Å². The second-order valence-corrected chi connectivity index (χ2v) is 4.35. The Labute approximate surface area is 109 Å². The van der Waals surface area contributed by atoms with Crippen LogP contribution < -0.4 is 0 Å². The first-order chi connectivity index (χ1) is 9.15. The summed E-state index contributed by atoms with van der Waals surface area (Å²) in [6.07, 6.45) is 3.64. The summed E-state index contributed by atoms with van der Waals surface area (Å²) >= 11 is 0. The minimum atomic E-state index is -1.05. The highest BCUT2D eigenvalue weighted by atomic mass is 16.4. The molecule has 0 radical (unpaired) electrons. The number of imidazole rings is 1. The lowest BCUT2D eigenvalue weighted by Gasteiger charge is -2.05. The summed E-state index contributed by atoms with van der Waals surface area (Å²) < 4.78 is 7.30. The second-order valence-electron chi connectivity index (χ2n) is 4.35. The van der Waals surface area contributed by atoms with Gasteiger partial charge in [0.25, 0.3) is 0 Å². The molecule has 0 aliphatic carbocycles. The third-order valence-electron chi connectivity index (χ3n) is 3.13. The largest absolute Gasteiger partial charge is 0.475 e. The van der Waals surface area contributed by atoms with Crippen molar-refractivity contribution in [1.82, 2.24) is 9.55 Å². The van der Waals surface area contributed by atoms with E-state index in [9.17, 15) is 4.79 Å². The number of aromatic nitrogens is 2. The fourth-order valence-corrected chi connectivity index (χ4v) is 2.12. The van der Waals surface area contributed by atoms with Crippen LogP contribution in [0.3, 0.4) is 0 Å². The number of furan rings is 1. The number of hydrogen-bond acceptors (Lipinski definition) is 3. The Morgan fingerprint density at radius 3 is 3.00 bits per heavy atom. The number of aryl methyl sites for hydroxylation is 1. The first-order valence-corrected chi connectivity index (χ1v) is 5.87. The van der Waals surface area contributed by atoms with E-state index in [2.05, 4.69) is 4.98 Å². The number of carbonyl (C=O) groups is 1. The van der Waals surface area contributed by atoms with Gasteiger partial charge < -0.3 is 14.1 Å². The average molecular weight is 256 g/mol. The molecule has 1 N–H and O–H groups in total. The molecule has 0 amide bonds. The van der Waals surface area contributed by atoms with E-state index in [0.717, 1.165) is 16.8 Å². The van der Waals surface area contributed by atoms with Crippen molar-refractivity contribution in [3.05, 3.63) is 53.8 Å². The summed E-state index contributed by atoms with van der Waals surface area (Å²) in [5.74, 6) is -0.176. The Kier molecular flexibility index (Phi) is 2.59. The molecule has 5 heteroatoms. The zero-order chi connectivity index (χ0) is 13.4. The van der Waals surface area contributed by atoms with Crippen LogP contribution in [-0.4, -0.2) is 20.6 Å². The molecule has 0 aliphatic rings. The zero-order valence-corrected chi connectivity index (χ0v) is 10.3. The zero-order valence-electron chi connectivity index (χ0n) is 10.3. The summed E-state index contributed by atoms with van der Waals surface area (Å²) in [5.41, 5.74) is 1.60. The Morgan fingerprint density at radius 2 is 2.32 bits per heavy atom. The van der Waals surface area contributed by atoms with E-state index < -0.39 is 5.97 Å². The minimum absolute atomic E-state index is 0.0372. The summed E-state index contributed by atoms with van der Waals surface area (Å²) in [7, 11) is 0. The molecule has 0 atom stereocenters. The van der Waals surface area contributed by atoms with E-state index in [1.54, 1.807) is 18.3 Å². The number of aromatic carboxylic acids is 1. The van der Waals surface area contributed by atoms with Crippen molar-refractivity contribution < 1.29 is 14.3 Å².